The van der Waals surface area contributed by atoms with E-state index in [0.29, 0.717) is 19.6 Å². The average molecular weight is 347 g/mol. The molecule has 0 radical (unpaired) electrons. The third-order valence-electron chi connectivity index (χ3n) is 4.74. The van der Waals surface area contributed by atoms with Crippen LogP contribution >= 0.6 is 0 Å². The Morgan fingerprint density at radius 2 is 2.00 bits per heavy atom. The van der Waals surface area contributed by atoms with Crippen molar-refractivity contribution in [2.24, 2.45) is 11.7 Å². The first kappa shape index (κ1) is 17.5. The summed E-state index contributed by atoms with van der Waals surface area (Å²) in [5, 5.41) is 0. The molecule has 1 atom stereocenters. The lowest BCUT2D eigenvalue weighted by Crippen LogP contribution is -2.59. The van der Waals surface area contributed by atoms with Crippen LogP contribution in [0.25, 0.3) is 0 Å². The van der Waals surface area contributed by atoms with Crippen molar-refractivity contribution in [3.8, 4) is 11.5 Å². The fourth-order valence-electron chi connectivity index (χ4n) is 3.44. The molecule has 3 rings (SSSR count). The highest BCUT2D eigenvalue weighted by molar-refractivity contribution is 5.80. The number of carbonyl (C=O) groups excluding carboxylic acids is 2. The molecule has 0 aromatic heterocycles. The number of piperidine rings is 1. The van der Waals surface area contributed by atoms with E-state index in [1.807, 2.05) is 34.1 Å². The number of hydrogen-bond donors (Lipinski definition) is 1. The van der Waals surface area contributed by atoms with Gasteiger partial charge in [-0.25, -0.2) is 0 Å². The highest BCUT2D eigenvalue weighted by atomic mass is 16.5. The standard InChI is InChI=1S/C18H25N3O4/c1-24-14-5-2-6-15(8-14)25-16-10-21(11-16)18(23)13-4-3-7-20(9-13)12-17(19)22/h2,5-6,8,13,16H,3-4,7,9-12H2,1H3,(H2,19,22). The molecule has 0 bridgehead atoms. The first-order valence-electron chi connectivity index (χ1n) is 8.65. The van der Waals surface area contributed by atoms with Gasteiger partial charge in [0, 0.05) is 12.6 Å². The minimum atomic E-state index is -0.344. The molecule has 0 spiro atoms. The fourth-order valence-corrected chi connectivity index (χ4v) is 3.44. The van der Waals surface area contributed by atoms with Crippen LogP contribution in [0.15, 0.2) is 24.3 Å². The smallest absolute Gasteiger partial charge is 0.231 e. The lowest BCUT2D eigenvalue weighted by molar-refractivity contribution is -0.146. The largest absolute Gasteiger partial charge is 0.497 e. The maximum Gasteiger partial charge on any atom is 0.231 e. The Bertz CT molecular complexity index is 631. The first-order valence-corrected chi connectivity index (χ1v) is 8.65. The summed E-state index contributed by atoms with van der Waals surface area (Å²) in [5.74, 6) is 1.26. The Labute approximate surface area is 147 Å². The van der Waals surface area contributed by atoms with Crippen LogP contribution in [-0.4, -0.2) is 67.6 Å². The van der Waals surface area contributed by atoms with Gasteiger partial charge in [-0.05, 0) is 31.5 Å². The monoisotopic (exact) mass is 347 g/mol. The molecule has 2 fully saturated rings. The van der Waals surface area contributed by atoms with Crippen LogP contribution in [0.4, 0.5) is 0 Å². The van der Waals surface area contributed by atoms with Crippen LogP contribution < -0.4 is 15.2 Å². The zero-order valence-corrected chi connectivity index (χ0v) is 14.5. The first-order chi connectivity index (χ1) is 12.0. The number of likely N-dealkylation sites (tertiary alicyclic amines) is 2. The number of nitrogens with zero attached hydrogens (tertiary/aromatic N) is 2. The normalized spacial score (nSPS) is 21.5. The molecular formula is C18H25N3O4. The molecule has 0 aliphatic carbocycles. The van der Waals surface area contributed by atoms with Crippen molar-refractivity contribution in [3.05, 3.63) is 24.3 Å². The van der Waals surface area contributed by atoms with Gasteiger partial charge in [-0.15, -0.1) is 0 Å². The summed E-state index contributed by atoms with van der Waals surface area (Å²) in [6, 6.07) is 7.47. The van der Waals surface area contributed by atoms with E-state index >= 15 is 0 Å². The molecule has 1 aromatic carbocycles. The zero-order valence-electron chi connectivity index (χ0n) is 14.5. The highest BCUT2D eigenvalue weighted by Crippen LogP contribution is 2.25. The number of nitrogens with two attached hydrogens (primary N) is 1. The van der Waals surface area contributed by atoms with Crippen molar-refractivity contribution in [3.63, 3.8) is 0 Å². The maximum atomic E-state index is 12.6. The lowest BCUT2D eigenvalue weighted by Gasteiger charge is -2.42. The maximum absolute atomic E-state index is 12.6. The molecule has 1 unspecified atom stereocenters. The molecule has 0 saturated carbocycles. The second-order valence-corrected chi connectivity index (χ2v) is 6.70. The minimum Gasteiger partial charge on any atom is -0.497 e. The summed E-state index contributed by atoms with van der Waals surface area (Å²) >= 11 is 0. The van der Waals surface area contributed by atoms with Crippen LogP contribution in [0, 0.1) is 5.92 Å². The quantitative estimate of drug-likeness (QED) is 0.809. The van der Waals surface area contributed by atoms with Crippen molar-refractivity contribution in [2.45, 2.75) is 18.9 Å². The SMILES string of the molecule is COc1cccc(OC2CN(C(=O)C3CCCN(CC(N)=O)C3)C2)c1. The van der Waals surface area contributed by atoms with Crippen LogP contribution in [0.2, 0.25) is 0 Å². The van der Waals surface area contributed by atoms with Crippen molar-refractivity contribution in [2.75, 3.05) is 39.8 Å². The van der Waals surface area contributed by atoms with Crippen LogP contribution in [-0.2, 0) is 9.59 Å². The molecule has 2 heterocycles. The van der Waals surface area contributed by atoms with E-state index in [0.717, 1.165) is 30.9 Å². The molecule has 2 saturated heterocycles. The predicted molar refractivity (Wildman–Crippen MR) is 92.3 cm³/mol. The van der Waals surface area contributed by atoms with Gasteiger partial charge >= 0.3 is 0 Å². The number of carbonyl (C=O) groups is 2. The van der Waals surface area contributed by atoms with Gasteiger partial charge in [0.15, 0.2) is 0 Å². The van der Waals surface area contributed by atoms with Gasteiger partial charge in [0.25, 0.3) is 0 Å². The number of hydrogen-bond acceptors (Lipinski definition) is 5. The summed E-state index contributed by atoms with van der Waals surface area (Å²) < 4.78 is 11.1. The number of rotatable bonds is 6. The zero-order chi connectivity index (χ0) is 17.8. The van der Waals surface area contributed by atoms with Crippen LogP contribution in [0.1, 0.15) is 12.8 Å². The molecule has 7 nitrogen and oxygen atoms in total. The van der Waals surface area contributed by atoms with E-state index in [2.05, 4.69) is 0 Å². The van der Waals surface area contributed by atoms with Gasteiger partial charge in [-0.3, -0.25) is 14.5 Å². The number of ether oxygens (including phenoxy) is 2. The van der Waals surface area contributed by atoms with Crippen molar-refractivity contribution in [1.82, 2.24) is 9.80 Å². The Kier molecular flexibility index (Phi) is 5.43. The Morgan fingerprint density at radius 1 is 1.24 bits per heavy atom. The van der Waals surface area contributed by atoms with E-state index in [1.54, 1.807) is 7.11 Å². The third-order valence-corrected chi connectivity index (χ3v) is 4.74. The molecule has 25 heavy (non-hydrogen) atoms. The van der Waals surface area contributed by atoms with Crippen molar-refractivity contribution in [1.29, 1.82) is 0 Å². The summed E-state index contributed by atoms with van der Waals surface area (Å²) in [6.07, 6.45) is 1.80. The Morgan fingerprint density at radius 3 is 2.72 bits per heavy atom. The van der Waals surface area contributed by atoms with E-state index in [1.165, 1.54) is 0 Å². The van der Waals surface area contributed by atoms with E-state index in [4.69, 9.17) is 15.2 Å². The van der Waals surface area contributed by atoms with Gasteiger partial charge < -0.3 is 20.1 Å². The summed E-state index contributed by atoms with van der Waals surface area (Å²) in [6.45, 7) is 2.87. The van der Waals surface area contributed by atoms with Crippen LogP contribution in [0.3, 0.4) is 0 Å². The molecule has 2 aliphatic rings. The van der Waals surface area contributed by atoms with E-state index < -0.39 is 0 Å². The summed E-state index contributed by atoms with van der Waals surface area (Å²) in [7, 11) is 1.62. The van der Waals surface area contributed by atoms with E-state index in [-0.39, 0.29) is 30.4 Å². The molecular weight excluding hydrogens is 322 g/mol. The third kappa shape index (κ3) is 4.42. The van der Waals surface area contributed by atoms with Gasteiger partial charge in [0.2, 0.25) is 11.8 Å². The molecule has 2 amide bonds. The summed E-state index contributed by atoms with van der Waals surface area (Å²) in [5.41, 5.74) is 5.25. The van der Waals surface area contributed by atoms with E-state index in [9.17, 15) is 9.59 Å². The predicted octanol–water partition coefficient (Wildman–Crippen LogP) is 0.482. The molecule has 2 aliphatic heterocycles. The average Bonchev–Trinajstić information content (AvgIpc) is 2.57. The summed E-state index contributed by atoms with van der Waals surface area (Å²) in [4.78, 5) is 27.5. The number of methoxy groups -OCH3 is 1. The fraction of sp³-hybridized carbons (Fsp3) is 0.556. The van der Waals surface area contributed by atoms with Crippen molar-refractivity contribution < 1.29 is 19.1 Å². The second kappa shape index (κ2) is 7.74. The molecule has 2 N–H and O–H groups in total. The van der Waals surface area contributed by atoms with Gasteiger partial charge in [0.1, 0.15) is 17.6 Å². The number of primary amides is 1. The molecule has 136 valence electrons. The Hall–Kier alpha value is -2.28. The minimum absolute atomic E-state index is 0.0152. The highest BCUT2D eigenvalue weighted by Gasteiger charge is 2.37. The van der Waals surface area contributed by atoms with Crippen molar-refractivity contribution >= 4 is 11.8 Å². The Balaban J connectivity index is 1.47. The second-order valence-electron chi connectivity index (χ2n) is 6.70. The van der Waals surface area contributed by atoms with Crippen LogP contribution in [0.5, 0.6) is 11.5 Å². The number of amides is 2. The van der Waals surface area contributed by atoms with Gasteiger partial charge in [-0.2, -0.15) is 0 Å². The molecule has 1 aromatic rings. The topological polar surface area (TPSA) is 85.1 Å². The lowest BCUT2D eigenvalue weighted by atomic mass is 9.95. The van der Waals surface area contributed by atoms with Gasteiger partial charge in [0.05, 0.1) is 32.7 Å². The van der Waals surface area contributed by atoms with Gasteiger partial charge in [-0.1, -0.05) is 6.07 Å². The number of benzene rings is 1. The molecule has 7 heteroatoms.